The molecule has 22 heavy (non-hydrogen) atoms. The van der Waals surface area contributed by atoms with Gasteiger partial charge in [-0.1, -0.05) is 0 Å². The topological polar surface area (TPSA) is 82.1 Å². The molecule has 0 aliphatic heterocycles. The fraction of sp³-hybridized carbons (Fsp3) is 0.375. The van der Waals surface area contributed by atoms with E-state index in [1.807, 2.05) is 0 Å². The molecule has 1 N–H and O–H groups in total. The first kappa shape index (κ1) is 17.6. The average molecular weight is 308 g/mol. The molecule has 1 aromatic carbocycles. The van der Waals surface area contributed by atoms with Gasteiger partial charge in [-0.15, -0.1) is 0 Å². The molecule has 0 amide bonds. The lowest BCUT2D eigenvalue weighted by atomic mass is 9.98. The Balaban J connectivity index is 3.37. The first-order chi connectivity index (χ1) is 10.4. The number of carboxylic acids is 1. The summed E-state index contributed by atoms with van der Waals surface area (Å²) >= 11 is 0. The molecule has 120 valence electrons. The molecule has 0 fully saturated rings. The van der Waals surface area contributed by atoms with E-state index in [0.717, 1.165) is 0 Å². The molecule has 0 aromatic heterocycles. The molecule has 1 rings (SSSR count). The van der Waals surface area contributed by atoms with Crippen molar-refractivity contribution < 1.29 is 28.9 Å². The Morgan fingerprint density at radius 3 is 2.45 bits per heavy atom. The Labute approximate surface area is 129 Å². The fourth-order valence-electron chi connectivity index (χ4n) is 1.83. The van der Waals surface area contributed by atoms with Crippen molar-refractivity contribution in [3.05, 3.63) is 29.3 Å². The van der Waals surface area contributed by atoms with E-state index in [1.54, 1.807) is 25.1 Å². The molecule has 1 aromatic rings. The highest BCUT2D eigenvalue weighted by Gasteiger charge is 2.24. The van der Waals surface area contributed by atoms with Crippen LogP contribution in [0.15, 0.2) is 23.8 Å². The second-order valence-electron chi connectivity index (χ2n) is 4.49. The summed E-state index contributed by atoms with van der Waals surface area (Å²) in [7, 11) is 3.01. The summed E-state index contributed by atoms with van der Waals surface area (Å²) < 4.78 is 15.3. The number of hydrogen-bond donors (Lipinski definition) is 1. The lowest BCUT2D eigenvalue weighted by molar-refractivity contribution is -0.145. The maximum absolute atomic E-state index is 12.0. The molecule has 0 bridgehead atoms. The number of rotatable bonds is 7. The Morgan fingerprint density at radius 2 is 1.95 bits per heavy atom. The highest BCUT2D eigenvalue weighted by molar-refractivity contribution is 5.99. The van der Waals surface area contributed by atoms with Gasteiger partial charge in [0.1, 0.15) is 11.5 Å². The van der Waals surface area contributed by atoms with Crippen molar-refractivity contribution in [2.24, 2.45) is 5.92 Å². The van der Waals surface area contributed by atoms with Crippen LogP contribution in [0.2, 0.25) is 0 Å². The molecule has 0 saturated carbocycles. The van der Waals surface area contributed by atoms with Crippen molar-refractivity contribution in [3.8, 4) is 11.5 Å². The summed E-state index contributed by atoms with van der Waals surface area (Å²) in [6.45, 7) is 3.25. The van der Waals surface area contributed by atoms with Crippen LogP contribution in [0.1, 0.15) is 19.4 Å². The SMILES string of the molecule is CCOC(=O)/C(=C/c1cc(OC)ccc1OC)C(C)C(=O)O. The van der Waals surface area contributed by atoms with Crippen molar-refractivity contribution in [3.63, 3.8) is 0 Å². The summed E-state index contributed by atoms with van der Waals surface area (Å²) in [5.74, 6) is -1.71. The number of carboxylic acid groups (broad SMARTS) is 1. The van der Waals surface area contributed by atoms with Gasteiger partial charge in [-0.3, -0.25) is 4.79 Å². The molecule has 0 radical (unpaired) electrons. The Bertz CT molecular complexity index is 576. The van der Waals surface area contributed by atoms with E-state index in [2.05, 4.69) is 0 Å². The lowest BCUT2D eigenvalue weighted by Crippen LogP contribution is -2.20. The second kappa shape index (κ2) is 8.07. The molecule has 6 heteroatoms. The third-order valence-electron chi connectivity index (χ3n) is 3.10. The van der Waals surface area contributed by atoms with Crippen molar-refractivity contribution in [2.45, 2.75) is 13.8 Å². The molecule has 1 atom stereocenters. The summed E-state index contributed by atoms with van der Waals surface area (Å²) in [6.07, 6.45) is 1.46. The van der Waals surface area contributed by atoms with Crippen LogP contribution in [0.5, 0.6) is 11.5 Å². The predicted octanol–water partition coefficient (Wildman–Crippen LogP) is 2.37. The third kappa shape index (κ3) is 4.25. The van der Waals surface area contributed by atoms with Crippen LogP contribution >= 0.6 is 0 Å². The summed E-state index contributed by atoms with van der Waals surface area (Å²) in [5, 5.41) is 9.17. The zero-order chi connectivity index (χ0) is 16.7. The van der Waals surface area contributed by atoms with E-state index in [1.165, 1.54) is 27.2 Å². The number of carbonyl (C=O) groups excluding carboxylic acids is 1. The van der Waals surface area contributed by atoms with Crippen molar-refractivity contribution in [2.75, 3.05) is 20.8 Å². The van der Waals surface area contributed by atoms with Crippen LogP contribution < -0.4 is 9.47 Å². The van der Waals surface area contributed by atoms with Gasteiger partial charge >= 0.3 is 11.9 Å². The normalized spacial score (nSPS) is 12.5. The molecule has 1 unspecified atom stereocenters. The molecule has 0 aliphatic rings. The second-order valence-corrected chi connectivity index (χ2v) is 4.49. The summed E-state index contributed by atoms with van der Waals surface area (Å²) in [5.41, 5.74) is 0.582. The summed E-state index contributed by atoms with van der Waals surface area (Å²) in [6, 6.07) is 5.05. The Kier molecular flexibility index (Phi) is 6.44. The molecule has 0 spiro atoms. The van der Waals surface area contributed by atoms with Gasteiger partial charge in [0.25, 0.3) is 0 Å². The molecule has 6 nitrogen and oxygen atoms in total. The van der Waals surface area contributed by atoms with Crippen LogP contribution in [0.4, 0.5) is 0 Å². The van der Waals surface area contributed by atoms with Gasteiger partial charge in [-0.25, -0.2) is 4.79 Å². The zero-order valence-corrected chi connectivity index (χ0v) is 13.1. The van der Waals surface area contributed by atoms with Crippen LogP contribution in [0.25, 0.3) is 6.08 Å². The van der Waals surface area contributed by atoms with Crippen LogP contribution in [0, 0.1) is 5.92 Å². The van der Waals surface area contributed by atoms with Crippen LogP contribution in [0.3, 0.4) is 0 Å². The molecular weight excluding hydrogens is 288 g/mol. The molecular formula is C16H20O6. The van der Waals surface area contributed by atoms with E-state index in [9.17, 15) is 14.7 Å². The number of hydrogen-bond acceptors (Lipinski definition) is 5. The number of carbonyl (C=O) groups is 2. The monoisotopic (exact) mass is 308 g/mol. The van der Waals surface area contributed by atoms with Gasteiger partial charge in [0.2, 0.25) is 0 Å². The van der Waals surface area contributed by atoms with Gasteiger partial charge in [0.15, 0.2) is 0 Å². The fourth-order valence-corrected chi connectivity index (χ4v) is 1.83. The summed E-state index contributed by atoms with van der Waals surface area (Å²) in [4.78, 5) is 23.2. The smallest absolute Gasteiger partial charge is 0.334 e. The number of aliphatic carboxylic acids is 1. The van der Waals surface area contributed by atoms with E-state index in [4.69, 9.17) is 14.2 Å². The number of methoxy groups -OCH3 is 2. The van der Waals surface area contributed by atoms with Gasteiger partial charge in [-0.05, 0) is 38.1 Å². The largest absolute Gasteiger partial charge is 0.497 e. The Hall–Kier alpha value is -2.50. The van der Waals surface area contributed by atoms with Crippen molar-refractivity contribution >= 4 is 18.0 Å². The predicted molar refractivity (Wildman–Crippen MR) is 81.0 cm³/mol. The highest BCUT2D eigenvalue weighted by Crippen LogP contribution is 2.28. The van der Waals surface area contributed by atoms with E-state index >= 15 is 0 Å². The average Bonchev–Trinajstić information content (AvgIpc) is 2.51. The molecule has 0 saturated heterocycles. The van der Waals surface area contributed by atoms with Crippen LogP contribution in [-0.2, 0) is 14.3 Å². The highest BCUT2D eigenvalue weighted by atomic mass is 16.5. The zero-order valence-electron chi connectivity index (χ0n) is 13.1. The van der Waals surface area contributed by atoms with E-state index in [-0.39, 0.29) is 12.2 Å². The van der Waals surface area contributed by atoms with Gasteiger partial charge < -0.3 is 19.3 Å². The molecule has 0 heterocycles. The number of benzene rings is 1. The maximum atomic E-state index is 12.0. The van der Waals surface area contributed by atoms with Crippen molar-refractivity contribution in [1.82, 2.24) is 0 Å². The van der Waals surface area contributed by atoms with Crippen molar-refractivity contribution in [1.29, 1.82) is 0 Å². The van der Waals surface area contributed by atoms with Gasteiger partial charge in [0, 0.05) is 5.56 Å². The third-order valence-corrected chi connectivity index (χ3v) is 3.10. The minimum Gasteiger partial charge on any atom is -0.497 e. The first-order valence-electron chi connectivity index (χ1n) is 6.78. The molecule has 0 aliphatic carbocycles. The number of esters is 1. The van der Waals surface area contributed by atoms with E-state index in [0.29, 0.717) is 17.1 Å². The quantitative estimate of drug-likeness (QED) is 0.615. The van der Waals surface area contributed by atoms with E-state index < -0.39 is 17.9 Å². The minimum absolute atomic E-state index is 0.0425. The minimum atomic E-state index is -1.11. The first-order valence-corrected chi connectivity index (χ1v) is 6.78. The lowest BCUT2D eigenvalue weighted by Gasteiger charge is -2.13. The maximum Gasteiger partial charge on any atom is 0.334 e. The van der Waals surface area contributed by atoms with Crippen LogP contribution in [-0.4, -0.2) is 37.9 Å². The number of ether oxygens (including phenoxy) is 3. The standard InChI is InChI=1S/C16H20O6/c1-5-22-16(19)13(10(2)15(17)18)9-11-8-12(20-3)6-7-14(11)21-4/h6-10H,5H2,1-4H3,(H,17,18)/b13-9+. The van der Waals surface area contributed by atoms with Gasteiger partial charge in [-0.2, -0.15) is 0 Å². The van der Waals surface area contributed by atoms with Gasteiger partial charge in [0.05, 0.1) is 32.3 Å². The Morgan fingerprint density at radius 1 is 1.27 bits per heavy atom.